The van der Waals surface area contributed by atoms with Crippen LogP contribution in [-0.4, -0.2) is 23.4 Å². The number of benzene rings is 1. The van der Waals surface area contributed by atoms with Gasteiger partial charge in [-0.15, -0.1) is 0 Å². The molecule has 7 heteroatoms. The number of aromatic nitrogens is 2. The summed E-state index contributed by atoms with van der Waals surface area (Å²) >= 11 is 5.93. The van der Waals surface area contributed by atoms with Crippen molar-refractivity contribution in [1.82, 2.24) is 9.97 Å². The van der Waals surface area contributed by atoms with Crippen LogP contribution in [0.4, 0.5) is 11.5 Å². The molecule has 0 saturated carbocycles. The van der Waals surface area contributed by atoms with Crippen molar-refractivity contribution >= 4 is 29.4 Å². The lowest BCUT2D eigenvalue weighted by atomic mass is 10.2. The Hall–Kier alpha value is -2.65. The maximum atomic E-state index is 11.1. The van der Waals surface area contributed by atoms with Gasteiger partial charge in [-0.25, -0.2) is 9.97 Å². The fourth-order valence-corrected chi connectivity index (χ4v) is 1.99. The van der Waals surface area contributed by atoms with Crippen molar-refractivity contribution < 1.29 is 9.53 Å². The highest BCUT2D eigenvalue weighted by Crippen LogP contribution is 2.30. The molecule has 0 bridgehead atoms. The van der Waals surface area contributed by atoms with E-state index in [1.807, 2.05) is 6.07 Å². The zero-order chi connectivity index (χ0) is 15.4. The van der Waals surface area contributed by atoms with E-state index in [0.717, 1.165) is 0 Å². The molecule has 0 unspecified atom stereocenters. The summed E-state index contributed by atoms with van der Waals surface area (Å²) in [7, 11) is 1.49. The van der Waals surface area contributed by atoms with Gasteiger partial charge >= 0.3 is 0 Å². The maximum absolute atomic E-state index is 11.1. The van der Waals surface area contributed by atoms with Crippen molar-refractivity contribution in [3.63, 3.8) is 0 Å². The van der Waals surface area contributed by atoms with Crippen LogP contribution in [0.25, 0.3) is 0 Å². The lowest BCUT2D eigenvalue weighted by molar-refractivity contribution is 0.112. The molecule has 0 aliphatic heterocycles. The number of nitriles is 1. The number of ether oxygens (including phenoxy) is 1. The van der Waals surface area contributed by atoms with Crippen LogP contribution in [0.5, 0.6) is 5.75 Å². The molecular weight excluding hydrogens is 292 g/mol. The topological polar surface area (TPSA) is 87.9 Å². The SMILES string of the molecule is COc1cc(C#N)ccc1Nc1nc(C)nc(Cl)c1C=O. The molecule has 0 atom stereocenters. The molecule has 0 spiro atoms. The number of methoxy groups -OCH3 is 1. The number of anilines is 2. The van der Waals surface area contributed by atoms with Gasteiger partial charge in [-0.1, -0.05) is 11.6 Å². The number of hydrogen-bond acceptors (Lipinski definition) is 6. The van der Waals surface area contributed by atoms with Crippen LogP contribution in [0.3, 0.4) is 0 Å². The summed E-state index contributed by atoms with van der Waals surface area (Å²) in [6, 6.07) is 6.89. The van der Waals surface area contributed by atoms with Crippen molar-refractivity contribution in [3.05, 3.63) is 40.3 Å². The Labute approximate surface area is 126 Å². The predicted molar refractivity (Wildman–Crippen MR) is 78.2 cm³/mol. The number of aryl methyl sites for hydroxylation is 1. The molecule has 0 saturated heterocycles. The van der Waals surface area contributed by atoms with Gasteiger partial charge in [0.2, 0.25) is 0 Å². The largest absolute Gasteiger partial charge is 0.495 e. The molecule has 1 aromatic heterocycles. The maximum Gasteiger partial charge on any atom is 0.156 e. The van der Waals surface area contributed by atoms with Gasteiger partial charge in [0, 0.05) is 6.07 Å². The molecule has 0 aliphatic carbocycles. The first-order valence-electron chi connectivity index (χ1n) is 5.93. The number of halogens is 1. The number of nitrogens with one attached hydrogen (secondary N) is 1. The highest BCUT2D eigenvalue weighted by Gasteiger charge is 2.13. The van der Waals surface area contributed by atoms with Crippen molar-refractivity contribution in [2.75, 3.05) is 12.4 Å². The average Bonchev–Trinajstić information content (AvgIpc) is 2.47. The van der Waals surface area contributed by atoms with Crippen molar-refractivity contribution in [1.29, 1.82) is 5.26 Å². The standard InChI is InChI=1S/C14H11ClN4O2/c1-8-17-13(15)10(7-20)14(18-8)19-11-4-3-9(6-16)5-12(11)21-2/h3-5,7H,1-2H3,(H,17,18,19). The fraction of sp³-hybridized carbons (Fsp3) is 0.143. The number of rotatable bonds is 4. The zero-order valence-corrected chi connectivity index (χ0v) is 12.1. The third kappa shape index (κ3) is 3.09. The molecule has 2 rings (SSSR count). The Bertz CT molecular complexity index is 740. The first kappa shape index (κ1) is 14.8. The van der Waals surface area contributed by atoms with E-state index in [-0.39, 0.29) is 16.5 Å². The molecule has 0 fully saturated rings. The van der Waals surface area contributed by atoms with Crippen LogP contribution in [0, 0.1) is 18.3 Å². The number of carbonyl (C=O) groups is 1. The molecule has 1 N–H and O–H groups in total. The first-order valence-corrected chi connectivity index (χ1v) is 6.31. The summed E-state index contributed by atoms with van der Waals surface area (Å²) in [5.41, 5.74) is 1.19. The second-order valence-corrected chi connectivity index (χ2v) is 4.45. The average molecular weight is 303 g/mol. The van der Waals surface area contributed by atoms with Crippen molar-refractivity contribution in [3.8, 4) is 11.8 Å². The quantitative estimate of drug-likeness (QED) is 0.690. The molecule has 2 aromatic rings. The van der Waals surface area contributed by atoms with Gasteiger partial charge in [-0.2, -0.15) is 5.26 Å². The Morgan fingerprint density at radius 3 is 2.81 bits per heavy atom. The summed E-state index contributed by atoms with van der Waals surface area (Å²) in [6.45, 7) is 1.67. The van der Waals surface area contributed by atoms with Crippen LogP contribution in [0.1, 0.15) is 21.7 Å². The number of nitrogens with zero attached hydrogens (tertiary/aromatic N) is 3. The summed E-state index contributed by atoms with van der Waals surface area (Å²) in [4.78, 5) is 19.2. The summed E-state index contributed by atoms with van der Waals surface area (Å²) in [5, 5.41) is 11.9. The molecule has 21 heavy (non-hydrogen) atoms. The van der Waals surface area contributed by atoms with Crippen LogP contribution in [0.2, 0.25) is 5.15 Å². The van der Waals surface area contributed by atoms with Gasteiger partial charge in [-0.3, -0.25) is 4.79 Å². The summed E-state index contributed by atoms with van der Waals surface area (Å²) in [6.07, 6.45) is 0.584. The number of aldehydes is 1. The van der Waals surface area contributed by atoms with E-state index in [1.165, 1.54) is 7.11 Å². The summed E-state index contributed by atoms with van der Waals surface area (Å²) < 4.78 is 5.22. The lowest BCUT2D eigenvalue weighted by Gasteiger charge is -2.13. The van der Waals surface area contributed by atoms with E-state index in [0.29, 0.717) is 29.1 Å². The molecule has 106 valence electrons. The smallest absolute Gasteiger partial charge is 0.156 e. The van der Waals surface area contributed by atoms with Crippen LogP contribution in [0.15, 0.2) is 18.2 Å². The monoisotopic (exact) mass is 302 g/mol. The predicted octanol–water partition coefficient (Wildman–Crippen LogP) is 2.87. The molecule has 0 aliphatic rings. The lowest BCUT2D eigenvalue weighted by Crippen LogP contribution is -2.04. The van der Waals surface area contributed by atoms with E-state index < -0.39 is 0 Å². The van der Waals surface area contributed by atoms with E-state index in [2.05, 4.69) is 15.3 Å². The summed E-state index contributed by atoms with van der Waals surface area (Å²) in [5.74, 6) is 1.17. The van der Waals surface area contributed by atoms with E-state index >= 15 is 0 Å². The van der Waals surface area contributed by atoms with Gasteiger partial charge in [0.1, 0.15) is 22.5 Å². The van der Waals surface area contributed by atoms with Gasteiger partial charge in [-0.05, 0) is 19.1 Å². The van der Waals surface area contributed by atoms with E-state index in [9.17, 15) is 4.79 Å². The Morgan fingerprint density at radius 2 is 2.19 bits per heavy atom. The first-order chi connectivity index (χ1) is 10.1. The molecule has 6 nitrogen and oxygen atoms in total. The number of hydrogen-bond donors (Lipinski definition) is 1. The van der Waals surface area contributed by atoms with Crippen molar-refractivity contribution in [2.45, 2.75) is 6.92 Å². The second kappa shape index (κ2) is 6.20. The molecule has 0 radical (unpaired) electrons. The molecule has 1 heterocycles. The third-order valence-corrected chi connectivity index (χ3v) is 3.00. The Morgan fingerprint density at radius 1 is 1.43 bits per heavy atom. The van der Waals surface area contributed by atoms with Gasteiger partial charge < -0.3 is 10.1 Å². The van der Waals surface area contributed by atoms with Crippen molar-refractivity contribution in [2.24, 2.45) is 0 Å². The van der Waals surface area contributed by atoms with Gasteiger partial charge in [0.15, 0.2) is 6.29 Å². The minimum Gasteiger partial charge on any atom is -0.495 e. The highest BCUT2D eigenvalue weighted by atomic mass is 35.5. The molecule has 0 amide bonds. The second-order valence-electron chi connectivity index (χ2n) is 4.09. The highest BCUT2D eigenvalue weighted by molar-refractivity contribution is 6.32. The van der Waals surface area contributed by atoms with E-state index in [1.54, 1.807) is 25.1 Å². The Kier molecular flexibility index (Phi) is 4.36. The van der Waals surface area contributed by atoms with Crippen LogP contribution in [-0.2, 0) is 0 Å². The minimum absolute atomic E-state index is 0.0765. The van der Waals surface area contributed by atoms with Crippen LogP contribution < -0.4 is 10.1 Å². The fourth-order valence-electron chi connectivity index (χ4n) is 1.74. The van der Waals surface area contributed by atoms with Crippen LogP contribution >= 0.6 is 11.6 Å². The van der Waals surface area contributed by atoms with Gasteiger partial charge in [0.05, 0.1) is 30.0 Å². The Balaban J connectivity index is 2.48. The molecular formula is C14H11ClN4O2. The minimum atomic E-state index is 0.0765. The number of carbonyl (C=O) groups excluding carboxylic acids is 1. The van der Waals surface area contributed by atoms with Gasteiger partial charge in [0.25, 0.3) is 0 Å². The normalized spacial score (nSPS) is 9.81. The van der Waals surface area contributed by atoms with E-state index in [4.69, 9.17) is 21.6 Å². The zero-order valence-electron chi connectivity index (χ0n) is 11.3. The third-order valence-electron chi connectivity index (χ3n) is 2.71. The molecule has 1 aromatic carbocycles.